The van der Waals surface area contributed by atoms with Gasteiger partial charge in [-0.25, -0.2) is 0 Å². The van der Waals surface area contributed by atoms with Gasteiger partial charge in [-0.3, -0.25) is 24.0 Å². The van der Waals surface area contributed by atoms with E-state index in [0.29, 0.717) is 12.8 Å². The second-order valence-corrected chi connectivity index (χ2v) is 8.33. The van der Waals surface area contributed by atoms with Gasteiger partial charge in [-0.1, -0.05) is 0 Å². The zero-order valence-electron chi connectivity index (χ0n) is 17.4. The quantitative estimate of drug-likeness (QED) is 0.572. The minimum atomic E-state index is -4.89. The number of nitrogens with zero attached hydrogens (tertiary/aromatic N) is 3. The van der Waals surface area contributed by atoms with Crippen LogP contribution in [0.25, 0.3) is 0 Å². The maximum atomic E-state index is 14.0. The number of ether oxygens (including phenoxy) is 1. The summed E-state index contributed by atoms with van der Waals surface area (Å²) in [5.41, 5.74) is 2.76. The highest BCUT2D eigenvalue weighted by Crippen LogP contribution is 2.47. The first-order chi connectivity index (χ1) is 15.8. The molecule has 2 amide bonds. The van der Waals surface area contributed by atoms with Crippen LogP contribution in [0.3, 0.4) is 0 Å². The van der Waals surface area contributed by atoms with Gasteiger partial charge in [0.2, 0.25) is 0 Å². The molecule has 184 valence electrons. The molecular formula is C20H19F6N5O3. The fraction of sp³-hybridized carbons (Fsp3) is 0.500. The Labute approximate surface area is 188 Å². The molecule has 0 saturated heterocycles. The predicted molar refractivity (Wildman–Crippen MR) is 104 cm³/mol. The number of hydrogen-bond donors (Lipinski definition) is 2. The van der Waals surface area contributed by atoms with Gasteiger partial charge in [0, 0.05) is 24.3 Å². The lowest BCUT2D eigenvalue weighted by atomic mass is 9.82. The molecule has 0 radical (unpaired) electrons. The van der Waals surface area contributed by atoms with E-state index in [0.717, 1.165) is 16.9 Å². The van der Waals surface area contributed by atoms with Crippen molar-refractivity contribution in [1.29, 1.82) is 0 Å². The number of nitrogens with two attached hydrogens (primary N) is 1. The number of primary amides is 1. The smallest absolute Gasteiger partial charge is 0.364 e. The van der Waals surface area contributed by atoms with Crippen LogP contribution in [0, 0.1) is 5.92 Å². The third-order valence-corrected chi connectivity index (χ3v) is 5.64. The fourth-order valence-corrected chi connectivity index (χ4v) is 3.95. The number of rotatable bonds is 7. The van der Waals surface area contributed by atoms with E-state index >= 15 is 0 Å². The number of nitrogens with one attached hydrogen (secondary N) is 1. The van der Waals surface area contributed by atoms with Crippen molar-refractivity contribution in [2.45, 2.75) is 56.8 Å². The van der Waals surface area contributed by atoms with Crippen LogP contribution in [0.15, 0.2) is 18.3 Å². The van der Waals surface area contributed by atoms with E-state index < -0.39 is 53.6 Å². The Kier molecular flexibility index (Phi) is 6.04. The van der Waals surface area contributed by atoms with E-state index in [2.05, 4.69) is 20.1 Å². The zero-order valence-corrected chi connectivity index (χ0v) is 17.4. The number of halogens is 6. The Balaban J connectivity index is 1.62. The Hall–Kier alpha value is -3.16. The number of pyridine rings is 1. The minimum Gasteiger partial charge on any atom is -0.364 e. The topological polar surface area (TPSA) is 112 Å². The maximum Gasteiger partial charge on any atom is 0.522 e. The Morgan fingerprint density at radius 1 is 1.18 bits per heavy atom. The Morgan fingerprint density at radius 3 is 2.41 bits per heavy atom. The fourth-order valence-electron chi connectivity index (χ4n) is 3.95. The molecule has 2 saturated carbocycles. The number of hydrogen-bond acceptors (Lipinski definition) is 5. The molecule has 0 unspecified atom stereocenters. The summed E-state index contributed by atoms with van der Waals surface area (Å²) < 4.78 is 84.0. The van der Waals surface area contributed by atoms with Crippen molar-refractivity contribution in [1.82, 2.24) is 14.8 Å². The maximum absolute atomic E-state index is 14.0. The van der Waals surface area contributed by atoms with Gasteiger partial charge >= 0.3 is 12.5 Å². The predicted octanol–water partition coefficient (Wildman–Crippen LogP) is 3.84. The lowest BCUT2D eigenvalue weighted by Crippen LogP contribution is -2.38. The summed E-state index contributed by atoms with van der Waals surface area (Å²) in [7, 11) is 0. The molecular weight excluding hydrogens is 472 g/mol. The molecule has 2 aliphatic rings. The van der Waals surface area contributed by atoms with Gasteiger partial charge in [-0.05, 0) is 43.7 Å². The van der Waals surface area contributed by atoms with Crippen LogP contribution >= 0.6 is 0 Å². The van der Waals surface area contributed by atoms with Crippen molar-refractivity contribution in [2.75, 3.05) is 5.32 Å². The molecule has 8 nitrogen and oxygen atoms in total. The van der Waals surface area contributed by atoms with Crippen LogP contribution in [-0.2, 0) is 17.5 Å². The monoisotopic (exact) mass is 491 g/mol. The van der Waals surface area contributed by atoms with Crippen molar-refractivity contribution in [3.05, 3.63) is 41.0 Å². The number of anilines is 1. The molecule has 2 aromatic heterocycles. The highest BCUT2D eigenvalue weighted by molar-refractivity contribution is 6.05. The molecule has 2 aliphatic carbocycles. The lowest BCUT2D eigenvalue weighted by molar-refractivity contribution is -0.354. The third-order valence-electron chi connectivity index (χ3n) is 5.64. The highest BCUT2D eigenvalue weighted by atomic mass is 19.4. The summed E-state index contributed by atoms with van der Waals surface area (Å²) in [6.07, 6.45) is -8.73. The molecule has 0 aromatic carbocycles. The van der Waals surface area contributed by atoms with E-state index in [1.165, 1.54) is 6.07 Å². The summed E-state index contributed by atoms with van der Waals surface area (Å²) in [5, 5.41) is 6.36. The standard InChI is InChI=1S/C20H19F6N5O3/c21-19(22,23)14-15(10-1-2-10)30-31(8-9-5-12(6-9)34-20(24,25)26)16(14)18(33)29-11-3-4-28-13(7-11)17(27)32/h3-4,7,9-10,12H,1-2,5-6,8H2,(H2,27,32)(H,28,29,33). The van der Waals surface area contributed by atoms with Crippen LogP contribution in [-0.4, -0.2) is 39.0 Å². The number of carbonyl (C=O) groups excluding carboxylic acids is 2. The van der Waals surface area contributed by atoms with E-state index in [4.69, 9.17) is 5.73 Å². The van der Waals surface area contributed by atoms with Crippen molar-refractivity contribution in [3.63, 3.8) is 0 Å². The van der Waals surface area contributed by atoms with Gasteiger partial charge in [0.1, 0.15) is 17.0 Å². The number of aromatic nitrogens is 3. The number of amides is 2. The molecule has 2 fully saturated rings. The van der Waals surface area contributed by atoms with Gasteiger partial charge in [-0.15, -0.1) is 13.2 Å². The van der Waals surface area contributed by atoms with Gasteiger partial charge in [0.05, 0.1) is 11.8 Å². The number of alkyl halides is 6. The van der Waals surface area contributed by atoms with Crippen molar-refractivity contribution in [3.8, 4) is 0 Å². The van der Waals surface area contributed by atoms with Crippen LogP contribution in [0.5, 0.6) is 0 Å². The highest BCUT2D eigenvalue weighted by Gasteiger charge is 2.47. The summed E-state index contributed by atoms with van der Waals surface area (Å²) in [6, 6.07) is 2.38. The molecule has 2 heterocycles. The number of carbonyl (C=O) groups is 2. The van der Waals surface area contributed by atoms with Crippen LogP contribution < -0.4 is 11.1 Å². The second kappa shape index (κ2) is 8.56. The minimum absolute atomic E-state index is 0.00932. The molecule has 0 aliphatic heterocycles. The van der Waals surface area contributed by atoms with Crippen LogP contribution in [0.4, 0.5) is 32.0 Å². The Morgan fingerprint density at radius 2 is 1.85 bits per heavy atom. The lowest BCUT2D eigenvalue weighted by Gasteiger charge is -2.35. The molecule has 0 spiro atoms. The van der Waals surface area contributed by atoms with Gasteiger partial charge < -0.3 is 11.1 Å². The average Bonchev–Trinajstić information content (AvgIpc) is 3.45. The van der Waals surface area contributed by atoms with Crippen molar-refractivity contribution in [2.24, 2.45) is 11.7 Å². The molecule has 34 heavy (non-hydrogen) atoms. The average molecular weight is 491 g/mol. The van der Waals surface area contributed by atoms with E-state index in [-0.39, 0.29) is 36.5 Å². The molecule has 0 bridgehead atoms. The molecule has 14 heteroatoms. The van der Waals surface area contributed by atoms with Gasteiger partial charge in [0.15, 0.2) is 0 Å². The zero-order chi connectivity index (χ0) is 24.8. The molecule has 0 atom stereocenters. The van der Waals surface area contributed by atoms with Gasteiger partial charge in [-0.2, -0.15) is 18.3 Å². The van der Waals surface area contributed by atoms with E-state index in [1.54, 1.807) is 0 Å². The van der Waals surface area contributed by atoms with Crippen LogP contribution in [0.1, 0.15) is 63.8 Å². The van der Waals surface area contributed by atoms with E-state index in [1.807, 2.05) is 0 Å². The largest absolute Gasteiger partial charge is 0.522 e. The summed E-state index contributed by atoms with van der Waals surface area (Å²) in [4.78, 5) is 28.0. The summed E-state index contributed by atoms with van der Waals surface area (Å²) >= 11 is 0. The molecule has 3 N–H and O–H groups in total. The van der Waals surface area contributed by atoms with Gasteiger partial charge in [0.25, 0.3) is 11.8 Å². The first-order valence-electron chi connectivity index (χ1n) is 10.3. The Bertz CT molecular complexity index is 1100. The summed E-state index contributed by atoms with van der Waals surface area (Å²) in [6.45, 7) is -0.181. The van der Waals surface area contributed by atoms with Crippen molar-refractivity contribution >= 4 is 17.5 Å². The van der Waals surface area contributed by atoms with Crippen molar-refractivity contribution < 1.29 is 40.7 Å². The first kappa shape index (κ1) is 24.0. The third kappa shape index (κ3) is 5.32. The molecule has 2 aromatic rings. The van der Waals surface area contributed by atoms with E-state index in [9.17, 15) is 35.9 Å². The normalized spacial score (nSPS) is 20.6. The molecule has 4 rings (SSSR count). The van der Waals surface area contributed by atoms with Crippen LogP contribution in [0.2, 0.25) is 0 Å². The second-order valence-electron chi connectivity index (χ2n) is 8.33. The summed E-state index contributed by atoms with van der Waals surface area (Å²) in [5.74, 6) is -2.92. The SMILES string of the molecule is NC(=O)c1cc(NC(=O)c2c(C(F)(F)F)c(C3CC3)nn2CC2CC(OC(F)(F)F)C2)ccn1. The first-order valence-corrected chi connectivity index (χ1v) is 10.3.